The number of hydrogen-bond donors (Lipinski definition) is 0. The Labute approximate surface area is 262 Å². The minimum Gasteiger partial charge on any atom is -0.0588 e. The van der Waals surface area contributed by atoms with Gasteiger partial charge in [-0.3, -0.25) is 0 Å². The fraction of sp³-hybridized carbons (Fsp3) is 0.182. The molecule has 0 atom stereocenters. The molecule has 214 valence electrons. The van der Waals surface area contributed by atoms with Crippen molar-refractivity contribution in [3.8, 4) is 33.4 Å². The van der Waals surface area contributed by atoms with Crippen LogP contribution in [0.5, 0.6) is 0 Å². The second-order valence-electron chi connectivity index (χ2n) is 12.8. The Morgan fingerprint density at radius 2 is 0.500 bits per heavy atom. The summed E-state index contributed by atoms with van der Waals surface area (Å²) in [7, 11) is 0. The van der Waals surface area contributed by atoms with Crippen LogP contribution in [0.15, 0.2) is 133 Å². The number of hydrogen-bond acceptors (Lipinski definition) is 0. The predicted molar refractivity (Wildman–Crippen MR) is 185 cm³/mol. The minimum absolute atomic E-state index is 1.06. The maximum Gasteiger partial charge on any atom is -0.0149 e. The van der Waals surface area contributed by atoms with E-state index in [0.717, 1.165) is 51.4 Å². The van der Waals surface area contributed by atoms with Crippen molar-refractivity contribution in [2.75, 3.05) is 0 Å². The third-order valence-electron chi connectivity index (χ3n) is 9.89. The fourth-order valence-electron chi connectivity index (χ4n) is 7.10. The Balaban J connectivity index is 1.05. The molecule has 8 aliphatic rings. The van der Waals surface area contributed by atoms with Gasteiger partial charge in [-0.1, -0.05) is 133 Å². The van der Waals surface area contributed by atoms with Crippen molar-refractivity contribution in [2.45, 2.75) is 51.4 Å². The zero-order valence-corrected chi connectivity index (χ0v) is 25.4. The van der Waals surface area contributed by atoms with Crippen LogP contribution >= 0.6 is 0 Å². The molecule has 0 amide bonds. The van der Waals surface area contributed by atoms with Crippen LogP contribution in [0.1, 0.15) is 44.5 Å². The normalized spacial score (nSPS) is 14.1. The van der Waals surface area contributed by atoms with Gasteiger partial charge in [0.05, 0.1) is 0 Å². The molecule has 0 aliphatic heterocycles. The van der Waals surface area contributed by atoms with Crippen LogP contribution in [0.3, 0.4) is 0 Å². The largest absolute Gasteiger partial charge is 0.0588 e. The zero-order chi connectivity index (χ0) is 29.3. The molecule has 6 aromatic carbocycles. The molecule has 0 saturated heterocycles. The Hall–Kier alpha value is -4.68. The molecule has 0 radical (unpaired) electrons. The van der Waals surface area contributed by atoms with E-state index in [1.165, 1.54) is 77.9 Å². The van der Waals surface area contributed by atoms with Gasteiger partial charge in [0.15, 0.2) is 0 Å². The number of rotatable bonds is 3. The van der Waals surface area contributed by atoms with Gasteiger partial charge in [0.2, 0.25) is 0 Å². The Morgan fingerprint density at radius 3 is 0.864 bits per heavy atom. The second kappa shape index (κ2) is 11.8. The van der Waals surface area contributed by atoms with Gasteiger partial charge < -0.3 is 0 Å². The first-order valence-electron chi connectivity index (χ1n) is 16.3. The van der Waals surface area contributed by atoms with Crippen LogP contribution in [0.2, 0.25) is 0 Å². The van der Waals surface area contributed by atoms with Crippen LogP contribution in [-0.4, -0.2) is 0 Å². The van der Waals surface area contributed by atoms with E-state index < -0.39 is 0 Å². The third kappa shape index (κ3) is 5.65. The van der Waals surface area contributed by atoms with Crippen molar-refractivity contribution in [3.05, 3.63) is 178 Å². The van der Waals surface area contributed by atoms with Crippen molar-refractivity contribution in [1.82, 2.24) is 0 Å². The Morgan fingerprint density at radius 1 is 0.227 bits per heavy atom. The molecule has 8 bridgehead atoms. The zero-order valence-electron chi connectivity index (χ0n) is 25.4. The summed E-state index contributed by atoms with van der Waals surface area (Å²) in [5.74, 6) is 0. The summed E-state index contributed by atoms with van der Waals surface area (Å²) in [5, 5.41) is 0. The molecular weight excluding hydrogens is 528 g/mol. The van der Waals surface area contributed by atoms with Gasteiger partial charge >= 0.3 is 0 Å². The van der Waals surface area contributed by atoms with E-state index in [1.54, 1.807) is 0 Å². The smallest absolute Gasteiger partial charge is 0.0149 e. The highest BCUT2D eigenvalue weighted by Gasteiger charge is 2.12. The molecule has 0 saturated carbocycles. The number of aryl methyl sites for hydroxylation is 8. The average molecular weight is 567 g/mol. The fourth-order valence-corrected chi connectivity index (χ4v) is 7.10. The molecular formula is C44H38. The molecule has 8 aliphatic carbocycles. The van der Waals surface area contributed by atoms with Crippen LogP contribution in [0.4, 0.5) is 0 Å². The standard InChI is InChI=1S/C44H38/c1-5-33-6-2-31(1)9-11-35-15-19-39(17-13-33)43(29-35)41-25-21-37(22-26-41)38-23-27-42(28-24-38)44-30-36-12-10-32-3-7-34(8-4-32)14-18-40(44)20-16-36/h1-8,15-16,19-30H,9-14,17-18H2. The summed E-state index contributed by atoms with van der Waals surface area (Å²) < 4.78 is 0. The van der Waals surface area contributed by atoms with E-state index in [2.05, 4.69) is 133 Å². The van der Waals surface area contributed by atoms with Gasteiger partial charge in [-0.25, -0.2) is 0 Å². The lowest BCUT2D eigenvalue weighted by molar-refractivity contribution is 0.923. The topological polar surface area (TPSA) is 0 Å². The van der Waals surface area contributed by atoms with Crippen LogP contribution < -0.4 is 0 Å². The first-order valence-corrected chi connectivity index (χ1v) is 16.3. The van der Waals surface area contributed by atoms with Gasteiger partial charge in [0, 0.05) is 0 Å². The van der Waals surface area contributed by atoms with Crippen molar-refractivity contribution in [3.63, 3.8) is 0 Å². The molecule has 6 aromatic rings. The summed E-state index contributed by atoms with van der Waals surface area (Å²) in [5.41, 5.74) is 19.4. The van der Waals surface area contributed by atoms with Crippen LogP contribution in [0.25, 0.3) is 33.4 Å². The highest BCUT2D eigenvalue weighted by molar-refractivity contribution is 5.76. The molecule has 0 heteroatoms. The molecule has 0 aromatic heterocycles. The number of benzene rings is 6. The van der Waals surface area contributed by atoms with E-state index in [1.807, 2.05) is 0 Å². The first kappa shape index (κ1) is 26.9. The lowest BCUT2D eigenvalue weighted by atomic mass is 9.89. The molecule has 14 rings (SSSR count). The lowest BCUT2D eigenvalue weighted by Crippen LogP contribution is -2.00. The predicted octanol–water partition coefficient (Wildman–Crippen LogP) is 10.5. The van der Waals surface area contributed by atoms with Crippen molar-refractivity contribution in [1.29, 1.82) is 0 Å². The van der Waals surface area contributed by atoms with Gasteiger partial charge in [-0.15, -0.1) is 0 Å². The van der Waals surface area contributed by atoms with Crippen molar-refractivity contribution < 1.29 is 0 Å². The van der Waals surface area contributed by atoms with E-state index >= 15 is 0 Å². The first-order chi connectivity index (χ1) is 21.7. The quantitative estimate of drug-likeness (QED) is 0.200. The van der Waals surface area contributed by atoms with E-state index in [9.17, 15) is 0 Å². The maximum absolute atomic E-state index is 2.44. The summed E-state index contributed by atoms with van der Waals surface area (Å²) in [4.78, 5) is 0. The third-order valence-corrected chi connectivity index (χ3v) is 9.89. The highest BCUT2D eigenvalue weighted by atomic mass is 14.2. The molecule has 0 N–H and O–H groups in total. The molecule has 0 unspecified atom stereocenters. The molecule has 0 nitrogen and oxygen atoms in total. The van der Waals surface area contributed by atoms with Crippen molar-refractivity contribution in [2.24, 2.45) is 0 Å². The Kier molecular flexibility index (Phi) is 7.20. The average Bonchev–Trinajstić information content (AvgIpc) is 3.07. The van der Waals surface area contributed by atoms with Crippen LogP contribution in [0, 0.1) is 0 Å². The van der Waals surface area contributed by atoms with Gasteiger partial charge in [-0.05, 0) is 129 Å². The monoisotopic (exact) mass is 566 g/mol. The summed E-state index contributed by atoms with van der Waals surface area (Å²) in [6, 6.07) is 51.3. The van der Waals surface area contributed by atoms with E-state index in [0.29, 0.717) is 0 Å². The molecule has 0 heterocycles. The van der Waals surface area contributed by atoms with Crippen LogP contribution in [-0.2, 0) is 51.4 Å². The summed E-state index contributed by atoms with van der Waals surface area (Å²) >= 11 is 0. The molecule has 44 heavy (non-hydrogen) atoms. The Bertz CT molecular complexity index is 1760. The lowest BCUT2D eigenvalue weighted by Gasteiger charge is -2.16. The molecule has 0 spiro atoms. The summed E-state index contributed by atoms with van der Waals surface area (Å²) in [6.45, 7) is 0. The molecule has 0 fully saturated rings. The highest BCUT2D eigenvalue weighted by Crippen LogP contribution is 2.33. The summed E-state index contributed by atoms with van der Waals surface area (Å²) in [6.07, 6.45) is 8.62. The van der Waals surface area contributed by atoms with Gasteiger partial charge in [0.25, 0.3) is 0 Å². The SMILES string of the molecule is c1cc2ccc1CCc1ccc(c(-c3ccc(-c4ccc(-c5cc6ccc5CCc5ccc(cc5)CC6)cc4)cc3)c1)CC2. The second-order valence-corrected chi connectivity index (χ2v) is 12.8. The van der Waals surface area contributed by atoms with E-state index in [4.69, 9.17) is 0 Å². The van der Waals surface area contributed by atoms with Gasteiger partial charge in [-0.2, -0.15) is 0 Å². The van der Waals surface area contributed by atoms with Gasteiger partial charge in [0.1, 0.15) is 0 Å². The minimum atomic E-state index is 1.06. The van der Waals surface area contributed by atoms with Crippen molar-refractivity contribution >= 4 is 0 Å². The maximum atomic E-state index is 2.44. The van der Waals surface area contributed by atoms with E-state index in [-0.39, 0.29) is 0 Å².